The molecule has 1 aliphatic carbocycles. The van der Waals surface area contributed by atoms with Gasteiger partial charge in [0.2, 0.25) is 27.7 Å². The monoisotopic (exact) mass is 542 g/mol. The summed E-state index contributed by atoms with van der Waals surface area (Å²) in [6, 6.07) is 0. The molecule has 0 aliphatic heterocycles. The lowest BCUT2D eigenvalue weighted by atomic mass is 9.82. The van der Waals surface area contributed by atoms with Crippen LogP contribution in [0, 0.1) is 0 Å². The van der Waals surface area contributed by atoms with Crippen molar-refractivity contribution in [3.63, 3.8) is 0 Å². The molecule has 0 spiro atoms. The molecule has 0 amide bonds. The van der Waals surface area contributed by atoms with Gasteiger partial charge in [0, 0.05) is 19.5 Å². The Balaban J connectivity index is 1.78. The van der Waals surface area contributed by atoms with Crippen molar-refractivity contribution in [3.05, 3.63) is 35.4 Å². The lowest BCUT2D eigenvalue weighted by Gasteiger charge is -2.30. The fourth-order valence-corrected chi connectivity index (χ4v) is 5.00. The van der Waals surface area contributed by atoms with Crippen molar-refractivity contribution in [1.82, 2.24) is 34.7 Å². The Labute approximate surface area is 211 Å². The first-order chi connectivity index (χ1) is 17.2. The number of methoxy groups -OCH3 is 3. The highest BCUT2D eigenvalue weighted by Gasteiger charge is 2.40. The molecule has 3 aromatic rings. The van der Waals surface area contributed by atoms with Gasteiger partial charge in [0.1, 0.15) is 29.7 Å². The molecular weight excluding hydrogens is 519 g/mol. The molecule has 1 saturated carbocycles. The lowest BCUT2D eigenvalue weighted by Crippen LogP contribution is -2.34. The number of sulfonamides is 1. The summed E-state index contributed by atoms with van der Waals surface area (Å²) in [6.45, 7) is 1.42. The van der Waals surface area contributed by atoms with Crippen LogP contribution in [0.2, 0.25) is 5.02 Å². The molecule has 16 heteroatoms. The molecule has 4 atom stereocenters. The first kappa shape index (κ1) is 25.9. The van der Waals surface area contributed by atoms with Gasteiger partial charge in [0.15, 0.2) is 11.5 Å². The Morgan fingerprint density at radius 3 is 2.22 bits per heavy atom. The summed E-state index contributed by atoms with van der Waals surface area (Å²) in [6.07, 6.45) is 2.54. The van der Waals surface area contributed by atoms with Crippen LogP contribution in [0.25, 0.3) is 5.69 Å². The third kappa shape index (κ3) is 4.77. The molecule has 0 aromatic carbocycles. The zero-order chi connectivity index (χ0) is 26.0. The summed E-state index contributed by atoms with van der Waals surface area (Å²) in [5.74, 6) is -0.441. The number of hydrogen-bond acceptors (Lipinski definition) is 11. The molecule has 36 heavy (non-hydrogen) atoms. The minimum absolute atomic E-state index is 0.0514. The summed E-state index contributed by atoms with van der Waals surface area (Å²) < 4.78 is 61.1. The van der Waals surface area contributed by atoms with Crippen LogP contribution in [-0.2, 0) is 14.8 Å². The van der Waals surface area contributed by atoms with Gasteiger partial charge in [0.05, 0.1) is 25.2 Å². The van der Waals surface area contributed by atoms with E-state index in [-0.39, 0.29) is 40.1 Å². The summed E-state index contributed by atoms with van der Waals surface area (Å²) >= 11 is 5.84. The fourth-order valence-electron chi connectivity index (χ4n) is 3.77. The van der Waals surface area contributed by atoms with Crippen LogP contribution in [0.5, 0.6) is 11.8 Å². The molecule has 4 rings (SSSR count). The van der Waals surface area contributed by atoms with Crippen LogP contribution in [0.4, 0.5) is 10.3 Å². The average molecular weight is 543 g/mol. The van der Waals surface area contributed by atoms with E-state index in [1.54, 1.807) is 0 Å². The highest BCUT2D eigenvalue weighted by Crippen LogP contribution is 2.42. The van der Waals surface area contributed by atoms with E-state index in [1.807, 2.05) is 0 Å². The van der Waals surface area contributed by atoms with E-state index in [2.05, 4.69) is 34.9 Å². The number of ether oxygens (including phenoxy) is 3. The average Bonchev–Trinajstić information content (AvgIpc) is 3.24. The molecule has 1 N–H and O–H groups in total. The Bertz CT molecular complexity index is 1300. The van der Waals surface area contributed by atoms with E-state index in [1.165, 1.54) is 51.5 Å². The number of hydrogen-bond donors (Lipinski definition) is 1. The van der Waals surface area contributed by atoms with Crippen molar-refractivity contribution in [2.75, 3.05) is 26.1 Å². The lowest BCUT2D eigenvalue weighted by molar-refractivity contribution is 0.0950. The second-order valence-corrected chi connectivity index (χ2v) is 10.4. The van der Waals surface area contributed by atoms with Gasteiger partial charge in [0.25, 0.3) is 0 Å². The predicted octanol–water partition coefficient (Wildman–Crippen LogP) is 2.25. The summed E-state index contributed by atoms with van der Waals surface area (Å²) in [7, 11) is -0.111. The SMILES string of the molecule is COc1ncnc(OC)c1-n1c(NS(=O)(=O)C(C)C(OC)c2ncc(Cl)cn2)nnc1[C@@H]1CC[C@@H]1F. The molecule has 0 saturated heterocycles. The normalized spacial score (nSPS) is 19.3. The van der Waals surface area contributed by atoms with Crippen LogP contribution >= 0.6 is 11.6 Å². The van der Waals surface area contributed by atoms with Gasteiger partial charge in [-0.1, -0.05) is 11.6 Å². The van der Waals surface area contributed by atoms with Crippen molar-refractivity contribution in [1.29, 1.82) is 0 Å². The zero-order valence-corrected chi connectivity index (χ0v) is 21.4. The Morgan fingerprint density at radius 1 is 1.08 bits per heavy atom. The van der Waals surface area contributed by atoms with E-state index < -0.39 is 33.5 Å². The number of anilines is 1. The molecule has 3 heterocycles. The summed E-state index contributed by atoms with van der Waals surface area (Å²) in [5, 5.41) is 7.22. The molecule has 13 nitrogen and oxygen atoms in total. The van der Waals surface area contributed by atoms with Crippen molar-refractivity contribution < 1.29 is 27.0 Å². The fraction of sp³-hybridized carbons (Fsp3) is 0.500. The zero-order valence-electron chi connectivity index (χ0n) is 19.8. The summed E-state index contributed by atoms with van der Waals surface area (Å²) in [4.78, 5) is 16.3. The number of nitrogens with zero attached hydrogens (tertiary/aromatic N) is 7. The maximum absolute atomic E-state index is 14.4. The van der Waals surface area contributed by atoms with Crippen molar-refractivity contribution in [2.45, 2.75) is 43.2 Å². The minimum Gasteiger partial charge on any atom is -0.479 e. The van der Waals surface area contributed by atoms with E-state index in [9.17, 15) is 12.8 Å². The number of rotatable bonds is 10. The molecular formula is C20H24ClFN8O5S. The topological polar surface area (TPSA) is 156 Å². The summed E-state index contributed by atoms with van der Waals surface area (Å²) in [5.41, 5.74) is 0.122. The Kier molecular flexibility index (Phi) is 7.51. The van der Waals surface area contributed by atoms with Gasteiger partial charge in [-0.3, -0.25) is 9.29 Å². The first-order valence-electron chi connectivity index (χ1n) is 10.8. The maximum Gasteiger partial charge on any atom is 0.245 e. The van der Waals surface area contributed by atoms with Crippen LogP contribution < -0.4 is 14.2 Å². The van der Waals surface area contributed by atoms with Gasteiger partial charge in [-0.25, -0.2) is 22.8 Å². The quantitative estimate of drug-likeness (QED) is 0.400. The van der Waals surface area contributed by atoms with Crippen LogP contribution in [0.15, 0.2) is 18.7 Å². The number of halogens is 2. The highest BCUT2D eigenvalue weighted by molar-refractivity contribution is 7.93. The van der Waals surface area contributed by atoms with E-state index >= 15 is 0 Å². The van der Waals surface area contributed by atoms with Gasteiger partial charge in [-0.2, -0.15) is 9.97 Å². The molecule has 194 valence electrons. The maximum atomic E-state index is 14.4. The van der Waals surface area contributed by atoms with Crippen LogP contribution in [0.3, 0.4) is 0 Å². The largest absolute Gasteiger partial charge is 0.479 e. The third-order valence-electron chi connectivity index (χ3n) is 5.87. The van der Waals surface area contributed by atoms with Gasteiger partial charge < -0.3 is 14.2 Å². The van der Waals surface area contributed by atoms with Crippen molar-refractivity contribution in [3.8, 4) is 17.4 Å². The molecule has 0 bridgehead atoms. The molecule has 3 aromatic heterocycles. The molecule has 1 aliphatic rings. The smallest absolute Gasteiger partial charge is 0.245 e. The second kappa shape index (κ2) is 10.4. The number of alkyl halides is 1. The minimum atomic E-state index is -4.19. The van der Waals surface area contributed by atoms with Crippen molar-refractivity contribution >= 4 is 27.6 Å². The van der Waals surface area contributed by atoms with Gasteiger partial charge >= 0.3 is 0 Å². The Hall–Kier alpha value is -3.17. The number of nitrogens with one attached hydrogen (secondary N) is 1. The van der Waals surface area contributed by atoms with E-state index in [4.69, 9.17) is 25.8 Å². The second-order valence-electron chi connectivity index (χ2n) is 7.93. The predicted molar refractivity (Wildman–Crippen MR) is 126 cm³/mol. The first-order valence-corrected chi connectivity index (χ1v) is 12.7. The standard InChI is InChI=1S/C20H24ClFN8O5S/c1-10(15(33-2)16-23-7-11(21)8-24-16)36(31,32)29-20-28-27-17(12-5-6-13(12)22)30(20)14-18(34-3)25-9-26-19(14)35-4/h7-10,12-13,15H,5-6H2,1-4H3,(H,28,29)/t10?,12-,13+,15?/m1/s1. The van der Waals surface area contributed by atoms with Gasteiger partial charge in [-0.05, 0) is 19.8 Å². The van der Waals surface area contributed by atoms with Crippen LogP contribution in [0.1, 0.15) is 43.4 Å². The Morgan fingerprint density at radius 2 is 1.72 bits per heavy atom. The molecule has 0 radical (unpaired) electrons. The number of aromatic nitrogens is 7. The highest BCUT2D eigenvalue weighted by atomic mass is 35.5. The molecule has 2 unspecified atom stereocenters. The van der Waals surface area contributed by atoms with Gasteiger partial charge in [-0.15, -0.1) is 10.2 Å². The molecule has 1 fully saturated rings. The van der Waals surface area contributed by atoms with E-state index in [0.29, 0.717) is 12.8 Å². The third-order valence-corrected chi connectivity index (χ3v) is 7.76. The van der Waals surface area contributed by atoms with Crippen LogP contribution in [-0.4, -0.2) is 75.9 Å². The van der Waals surface area contributed by atoms with Crippen molar-refractivity contribution in [2.24, 2.45) is 0 Å². The van der Waals surface area contributed by atoms with E-state index in [0.717, 1.165) is 0 Å².